The van der Waals surface area contributed by atoms with Crippen LogP contribution in [0.25, 0.3) is 0 Å². The van der Waals surface area contributed by atoms with Gasteiger partial charge in [-0.15, -0.1) is 0 Å². The maximum Gasteiger partial charge on any atom is 0.249 e. The van der Waals surface area contributed by atoms with Crippen LogP contribution in [0.4, 0.5) is 10.1 Å². The Kier molecular flexibility index (Phi) is 4.05. The molecule has 2 rings (SSSR count). The molecule has 0 aliphatic carbocycles. The number of nitrogens with one attached hydrogen (secondary N) is 1. The smallest absolute Gasteiger partial charge is 0.249 e. The van der Waals surface area contributed by atoms with Gasteiger partial charge in [-0.1, -0.05) is 12.2 Å². The minimum Gasteiger partial charge on any atom is -0.389 e. The van der Waals surface area contributed by atoms with Crippen LogP contribution in [0.3, 0.4) is 0 Å². The maximum absolute atomic E-state index is 14.4. The molecule has 0 radical (unpaired) electrons. The fourth-order valence-corrected chi connectivity index (χ4v) is 2.81. The Balaban J connectivity index is 2.47. The molecular weight excluding hydrogens is 349 g/mol. The summed E-state index contributed by atoms with van der Waals surface area (Å²) in [6.07, 6.45) is 0. The first-order valence-electron chi connectivity index (χ1n) is 5.71. The van der Waals surface area contributed by atoms with Gasteiger partial charge in [-0.3, -0.25) is 14.9 Å². The van der Waals surface area contributed by atoms with Gasteiger partial charge in [0.1, 0.15) is 11.0 Å². The number of hydrogen-bond donors (Lipinski definition) is 2. The van der Waals surface area contributed by atoms with Crippen LogP contribution in [0.5, 0.6) is 0 Å². The van der Waals surface area contributed by atoms with Gasteiger partial charge in [0.2, 0.25) is 11.8 Å². The molecule has 1 saturated heterocycles. The van der Waals surface area contributed by atoms with Crippen molar-refractivity contribution in [1.29, 1.82) is 0 Å². The lowest BCUT2D eigenvalue weighted by Gasteiger charge is -2.34. The SMILES string of the molecule is CC1C(=O)NC(=O)CN1c1ccc(C(N)=S)c(Br)c1F. The predicted octanol–water partition coefficient (Wildman–Crippen LogP) is 1.07. The second-order valence-corrected chi connectivity index (χ2v) is 5.57. The van der Waals surface area contributed by atoms with E-state index in [9.17, 15) is 14.0 Å². The number of halogens is 2. The lowest BCUT2D eigenvalue weighted by molar-refractivity contribution is -0.132. The molecule has 1 aliphatic heterocycles. The van der Waals surface area contributed by atoms with E-state index < -0.39 is 23.7 Å². The summed E-state index contributed by atoms with van der Waals surface area (Å²) in [7, 11) is 0. The number of rotatable bonds is 2. The molecule has 1 unspecified atom stereocenters. The number of imide groups is 1. The molecule has 20 heavy (non-hydrogen) atoms. The largest absolute Gasteiger partial charge is 0.389 e. The minimum absolute atomic E-state index is 0.0582. The van der Waals surface area contributed by atoms with Gasteiger partial charge in [0.15, 0.2) is 5.82 Å². The molecule has 0 spiro atoms. The maximum atomic E-state index is 14.4. The fraction of sp³-hybridized carbons (Fsp3) is 0.250. The molecule has 0 saturated carbocycles. The summed E-state index contributed by atoms with van der Waals surface area (Å²) in [5.74, 6) is -1.54. The van der Waals surface area contributed by atoms with Crippen molar-refractivity contribution in [1.82, 2.24) is 5.32 Å². The number of amides is 2. The van der Waals surface area contributed by atoms with Crippen molar-refractivity contribution in [2.75, 3.05) is 11.4 Å². The second kappa shape index (κ2) is 5.45. The molecule has 1 atom stereocenters. The van der Waals surface area contributed by atoms with E-state index >= 15 is 0 Å². The molecule has 1 heterocycles. The van der Waals surface area contributed by atoms with Crippen LogP contribution in [0, 0.1) is 5.82 Å². The molecule has 0 bridgehead atoms. The van der Waals surface area contributed by atoms with E-state index in [0.717, 1.165) is 0 Å². The molecule has 1 aliphatic rings. The molecule has 1 fully saturated rings. The number of nitrogens with zero attached hydrogens (tertiary/aromatic N) is 1. The van der Waals surface area contributed by atoms with Crippen LogP contribution in [-0.4, -0.2) is 29.4 Å². The first-order valence-corrected chi connectivity index (χ1v) is 6.91. The van der Waals surface area contributed by atoms with Gasteiger partial charge in [-0.05, 0) is 35.0 Å². The topological polar surface area (TPSA) is 75.4 Å². The zero-order valence-corrected chi connectivity index (χ0v) is 12.8. The number of thiocarbonyl (C=S) groups is 1. The van der Waals surface area contributed by atoms with Crippen LogP contribution in [0.2, 0.25) is 0 Å². The average molecular weight is 360 g/mol. The first-order chi connectivity index (χ1) is 9.32. The zero-order chi connectivity index (χ0) is 15.0. The highest BCUT2D eigenvalue weighted by Crippen LogP contribution is 2.31. The van der Waals surface area contributed by atoms with Crippen molar-refractivity contribution in [3.05, 3.63) is 28.0 Å². The van der Waals surface area contributed by atoms with Crippen molar-refractivity contribution >= 4 is 50.6 Å². The Morgan fingerprint density at radius 1 is 1.55 bits per heavy atom. The van der Waals surface area contributed by atoms with Gasteiger partial charge >= 0.3 is 0 Å². The molecule has 1 aromatic rings. The van der Waals surface area contributed by atoms with Crippen molar-refractivity contribution in [3.63, 3.8) is 0 Å². The van der Waals surface area contributed by atoms with E-state index in [1.165, 1.54) is 11.0 Å². The van der Waals surface area contributed by atoms with E-state index in [1.807, 2.05) is 0 Å². The summed E-state index contributed by atoms with van der Waals surface area (Å²) in [5, 5.41) is 2.20. The Morgan fingerprint density at radius 2 is 2.20 bits per heavy atom. The third-order valence-corrected chi connectivity index (χ3v) is 4.06. The third-order valence-electron chi connectivity index (χ3n) is 3.06. The Morgan fingerprint density at radius 3 is 2.80 bits per heavy atom. The van der Waals surface area contributed by atoms with Gasteiger partial charge in [0, 0.05) is 5.56 Å². The summed E-state index contributed by atoms with van der Waals surface area (Å²) in [4.78, 5) is 24.5. The monoisotopic (exact) mass is 359 g/mol. The molecule has 0 aromatic heterocycles. The second-order valence-electron chi connectivity index (χ2n) is 4.34. The molecule has 3 N–H and O–H groups in total. The summed E-state index contributed by atoms with van der Waals surface area (Å²) >= 11 is 7.91. The molecule has 8 heteroatoms. The molecule has 106 valence electrons. The highest BCUT2D eigenvalue weighted by molar-refractivity contribution is 9.10. The molecule has 5 nitrogen and oxygen atoms in total. The number of carbonyl (C=O) groups excluding carboxylic acids is 2. The predicted molar refractivity (Wildman–Crippen MR) is 79.9 cm³/mol. The van der Waals surface area contributed by atoms with Crippen LogP contribution in [0.1, 0.15) is 12.5 Å². The quantitative estimate of drug-likeness (QED) is 0.610. The molecular formula is C12H11BrFN3O2S. The van der Waals surface area contributed by atoms with Crippen LogP contribution in [-0.2, 0) is 9.59 Å². The van der Waals surface area contributed by atoms with Crippen LogP contribution < -0.4 is 16.0 Å². The molecule has 1 aromatic carbocycles. The highest BCUT2D eigenvalue weighted by Gasteiger charge is 2.32. The number of nitrogens with two attached hydrogens (primary N) is 1. The van der Waals surface area contributed by atoms with E-state index in [-0.39, 0.29) is 21.7 Å². The van der Waals surface area contributed by atoms with Crippen molar-refractivity contribution in [2.45, 2.75) is 13.0 Å². The van der Waals surface area contributed by atoms with Crippen LogP contribution >= 0.6 is 28.1 Å². The van der Waals surface area contributed by atoms with Crippen molar-refractivity contribution < 1.29 is 14.0 Å². The highest BCUT2D eigenvalue weighted by atomic mass is 79.9. The number of benzene rings is 1. The Bertz CT molecular complexity index is 623. The minimum atomic E-state index is -0.648. The Labute approximate surface area is 128 Å². The van der Waals surface area contributed by atoms with E-state index in [4.69, 9.17) is 18.0 Å². The van der Waals surface area contributed by atoms with Gasteiger partial charge in [-0.2, -0.15) is 0 Å². The number of carbonyl (C=O) groups is 2. The van der Waals surface area contributed by atoms with Gasteiger partial charge in [0.05, 0.1) is 16.7 Å². The number of hydrogen-bond acceptors (Lipinski definition) is 4. The van der Waals surface area contributed by atoms with Crippen LogP contribution in [0.15, 0.2) is 16.6 Å². The van der Waals surface area contributed by atoms with E-state index in [1.54, 1.807) is 13.0 Å². The van der Waals surface area contributed by atoms with E-state index in [2.05, 4.69) is 21.2 Å². The fourth-order valence-electron chi connectivity index (χ4n) is 1.96. The summed E-state index contributed by atoms with van der Waals surface area (Å²) in [6.45, 7) is 1.50. The summed E-state index contributed by atoms with van der Waals surface area (Å²) in [5.41, 5.74) is 5.99. The third kappa shape index (κ3) is 2.53. The zero-order valence-electron chi connectivity index (χ0n) is 10.4. The van der Waals surface area contributed by atoms with Crippen molar-refractivity contribution in [3.8, 4) is 0 Å². The molecule has 2 amide bonds. The standard InChI is InChI=1S/C12H11BrFN3O2S/c1-5-12(19)16-8(18)4-17(5)7-3-2-6(11(15)20)9(13)10(7)14/h2-3,5H,4H2,1H3,(H2,15,20)(H,16,18,19). The van der Waals surface area contributed by atoms with Gasteiger partial charge in [-0.25, -0.2) is 4.39 Å². The Hall–Kier alpha value is -1.54. The van der Waals surface area contributed by atoms with Crippen molar-refractivity contribution in [2.24, 2.45) is 5.73 Å². The summed E-state index contributed by atoms with van der Waals surface area (Å²) in [6, 6.07) is 2.36. The number of piperazine rings is 1. The van der Waals surface area contributed by atoms with Gasteiger partial charge < -0.3 is 10.6 Å². The lowest BCUT2D eigenvalue weighted by Crippen LogP contribution is -2.57. The van der Waals surface area contributed by atoms with Gasteiger partial charge in [0.25, 0.3) is 0 Å². The van der Waals surface area contributed by atoms with E-state index in [0.29, 0.717) is 5.56 Å². The normalized spacial score (nSPS) is 18.9. The summed E-state index contributed by atoms with van der Waals surface area (Å²) < 4.78 is 14.5. The lowest BCUT2D eigenvalue weighted by atomic mass is 10.1. The average Bonchev–Trinajstić information content (AvgIpc) is 2.37. The number of anilines is 1. The first kappa shape index (κ1) is 14.9.